The lowest BCUT2D eigenvalue weighted by Gasteiger charge is -2.04. The van der Waals surface area contributed by atoms with E-state index in [0.717, 1.165) is 6.26 Å². The average molecular weight is 240 g/mol. The number of ketones is 1. The molecule has 0 atom stereocenters. The standard InChI is InChI=1S/C12H16O3S/c1-9(2)8-12(13)10-4-6-11(7-5-10)16(3,14)15/h4-7,9H,8H2,1-3H3. The van der Waals surface area contributed by atoms with Gasteiger partial charge in [0.15, 0.2) is 15.6 Å². The molecule has 16 heavy (non-hydrogen) atoms. The van der Waals surface area contributed by atoms with Gasteiger partial charge in [-0.05, 0) is 18.1 Å². The zero-order chi connectivity index (χ0) is 12.3. The molecule has 1 aromatic rings. The van der Waals surface area contributed by atoms with E-state index in [0.29, 0.717) is 17.9 Å². The van der Waals surface area contributed by atoms with Gasteiger partial charge in [0, 0.05) is 18.2 Å². The van der Waals surface area contributed by atoms with Gasteiger partial charge >= 0.3 is 0 Å². The molecule has 1 rings (SSSR count). The summed E-state index contributed by atoms with van der Waals surface area (Å²) in [6.07, 6.45) is 1.64. The van der Waals surface area contributed by atoms with Gasteiger partial charge in [-0.3, -0.25) is 4.79 Å². The van der Waals surface area contributed by atoms with Crippen LogP contribution < -0.4 is 0 Å². The van der Waals surface area contributed by atoms with E-state index >= 15 is 0 Å². The molecule has 0 bridgehead atoms. The lowest BCUT2D eigenvalue weighted by molar-refractivity contribution is 0.0968. The van der Waals surface area contributed by atoms with Crippen LogP contribution in [0.15, 0.2) is 29.2 Å². The van der Waals surface area contributed by atoms with Crippen LogP contribution in [-0.4, -0.2) is 20.5 Å². The lowest BCUT2D eigenvalue weighted by atomic mass is 10.0. The highest BCUT2D eigenvalue weighted by Gasteiger charge is 2.10. The van der Waals surface area contributed by atoms with Crippen molar-refractivity contribution < 1.29 is 13.2 Å². The molecule has 0 fully saturated rings. The Morgan fingerprint density at radius 2 is 1.69 bits per heavy atom. The van der Waals surface area contributed by atoms with E-state index < -0.39 is 9.84 Å². The molecule has 0 aliphatic rings. The number of hydrogen-bond acceptors (Lipinski definition) is 3. The molecule has 0 N–H and O–H groups in total. The summed E-state index contributed by atoms with van der Waals surface area (Å²) in [5.41, 5.74) is 0.570. The van der Waals surface area contributed by atoms with E-state index in [-0.39, 0.29) is 10.7 Å². The van der Waals surface area contributed by atoms with Crippen LogP contribution in [0.4, 0.5) is 0 Å². The largest absolute Gasteiger partial charge is 0.294 e. The Hall–Kier alpha value is -1.16. The van der Waals surface area contributed by atoms with Crippen LogP contribution in [0.3, 0.4) is 0 Å². The fraction of sp³-hybridized carbons (Fsp3) is 0.417. The summed E-state index contributed by atoms with van der Waals surface area (Å²) < 4.78 is 22.4. The van der Waals surface area contributed by atoms with Gasteiger partial charge in [-0.2, -0.15) is 0 Å². The first-order chi connectivity index (χ1) is 7.30. The second kappa shape index (κ2) is 4.78. The van der Waals surface area contributed by atoms with E-state index in [2.05, 4.69) is 0 Å². The molecule has 0 amide bonds. The van der Waals surface area contributed by atoms with Crippen molar-refractivity contribution in [1.29, 1.82) is 0 Å². The monoisotopic (exact) mass is 240 g/mol. The average Bonchev–Trinajstić information content (AvgIpc) is 2.15. The zero-order valence-electron chi connectivity index (χ0n) is 9.73. The minimum atomic E-state index is -3.18. The number of carbonyl (C=O) groups is 1. The summed E-state index contributed by atoms with van der Waals surface area (Å²) in [5.74, 6) is 0.358. The number of sulfone groups is 1. The molecule has 3 nitrogen and oxygen atoms in total. The molecule has 88 valence electrons. The van der Waals surface area contributed by atoms with E-state index in [9.17, 15) is 13.2 Å². The maximum Gasteiger partial charge on any atom is 0.175 e. The van der Waals surface area contributed by atoms with E-state index in [4.69, 9.17) is 0 Å². The first-order valence-electron chi connectivity index (χ1n) is 5.14. The van der Waals surface area contributed by atoms with Gasteiger partial charge in [0.2, 0.25) is 0 Å². The molecule has 0 saturated carbocycles. The summed E-state index contributed by atoms with van der Waals surface area (Å²) in [6.45, 7) is 3.95. The number of carbonyl (C=O) groups excluding carboxylic acids is 1. The maximum atomic E-state index is 11.7. The molecular weight excluding hydrogens is 224 g/mol. The second-order valence-electron chi connectivity index (χ2n) is 4.32. The highest BCUT2D eigenvalue weighted by atomic mass is 32.2. The SMILES string of the molecule is CC(C)CC(=O)c1ccc(S(C)(=O)=O)cc1. The number of rotatable bonds is 4. The van der Waals surface area contributed by atoms with Crippen molar-refractivity contribution in [2.75, 3.05) is 6.26 Å². The quantitative estimate of drug-likeness (QED) is 0.759. The van der Waals surface area contributed by atoms with E-state index in [1.807, 2.05) is 13.8 Å². The Bertz CT molecular complexity index is 469. The fourth-order valence-corrected chi connectivity index (χ4v) is 2.01. The van der Waals surface area contributed by atoms with Gasteiger partial charge < -0.3 is 0 Å². The molecule has 0 unspecified atom stereocenters. The molecule has 0 aliphatic carbocycles. The number of Topliss-reactive ketones (excluding diaryl/α,β-unsaturated/α-hetero) is 1. The van der Waals surface area contributed by atoms with Gasteiger partial charge in [0.05, 0.1) is 4.90 Å². The number of benzene rings is 1. The predicted molar refractivity (Wildman–Crippen MR) is 63.3 cm³/mol. The van der Waals surface area contributed by atoms with Crippen LogP contribution >= 0.6 is 0 Å². The molecule has 0 aromatic heterocycles. The van der Waals surface area contributed by atoms with Crippen LogP contribution in [0.25, 0.3) is 0 Å². The van der Waals surface area contributed by atoms with E-state index in [1.165, 1.54) is 12.1 Å². The molecule has 0 saturated heterocycles. The Balaban J connectivity index is 2.92. The Morgan fingerprint density at radius 1 is 1.19 bits per heavy atom. The van der Waals surface area contributed by atoms with Crippen molar-refractivity contribution in [3.05, 3.63) is 29.8 Å². The summed E-state index contributed by atoms with van der Waals surface area (Å²) in [5, 5.41) is 0. The van der Waals surface area contributed by atoms with Crippen LogP contribution in [0.2, 0.25) is 0 Å². The van der Waals surface area contributed by atoms with Crippen molar-refractivity contribution in [1.82, 2.24) is 0 Å². The van der Waals surface area contributed by atoms with Crippen LogP contribution in [0.5, 0.6) is 0 Å². The topological polar surface area (TPSA) is 51.2 Å². The van der Waals surface area contributed by atoms with Crippen molar-refractivity contribution in [2.45, 2.75) is 25.2 Å². The Morgan fingerprint density at radius 3 is 2.06 bits per heavy atom. The molecule has 0 heterocycles. The second-order valence-corrected chi connectivity index (χ2v) is 6.33. The molecule has 0 spiro atoms. The van der Waals surface area contributed by atoms with Crippen LogP contribution in [-0.2, 0) is 9.84 Å². The molecular formula is C12H16O3S. The first-order valence-corrected chi connectivity index (χ1v) is 7.03. The third-order valence-electron chi connectivity index (χ3n) is 2.20. The minimum absolute atomic E-state index is 0.0510. The van der Waals surface area contributed by atoms with Gasteiger partial charge in [0.1, 0.15) is 0 Å². The van der Waals surface area contributed by atoms with Crippen molar-refractivity contribution >= 4 is 15.6 Å². The fourth-order valence-electron chi connectivity index (χ4n) is 1.38. The van der Waals surface area contributed by atoms with Crippen LogP contribution in [0, 0.1) is 5.92 Å². The normalized spacial score (nSPS) is 11.8. The summed E-state index contributed by atoms with van der Waals surface area (Å²) in [6, 6.07) is 6.09. The predicted octanol–water partition coefficient (Wildman–Crippen LogP) is 2.32. The van der Waals surface area contributed by atoms with Crippen molar-refractivity contribution in [3.63, 3.8) is 0 Å². The minimum Gasteiger partial charge on any atom is -0.294 e. The highest BCUT2D eigenvalue weighted by molar-refractivity contribution is 7.90. The third-order valence-corrected chi connectivity index (χ3v) is 3.33. The van der Waals surface area contributed by atoms with Gasteiger partial charge in [-0.25, -0.2) is 8.42 Å². The van der Waals surface area contributed by atoms with Gasteiger partial charge in [0.25, 0.3) is 0 Å². The molecule has 4 heteroatoms. The highest BCUT2D eigenvalue weighted by Crippen LogP contribution is 2.13. The molecule has 0 radical (unpaired) electrons. The molecule has 0 aliphatic heterocycles. The number of hydrogen-bond donors (Lipinski definition) is 0. The van der Waals surface area contributed by atoms with E-state index in [1.54, 1.807) is 12.1 Å². The first kappa shape index (κ1) is 12.9. The summed E-state index contributed by atoms with van der Waals surface area (Å²) in [4.78, 5) is 11.9. The Kier molecular flexibility index (Phi) is 3.86. The maximum absolute atomic E-state index is 11.7. The smallest absolute Gasteiger partial charge is 0.175 e. The Labute approximate surface area is 96.4 Å². The van der Waals surface area contributed by atoms with Gasteiger partial charge in [-0.1, -0.05) is 26.0 Å². The third kappa shape index (κ3) is 3.45. The van der Waals surface area contributed by atoms with Crippen molar-refractivity contribution in [2.24, 2.45) is 5.92 Å². The van der Waals surface area contributed by atoms with Crippen LogP contribution in [0.1, 0.15) is 30.6 Å². The van der Waals surface area contributed by atoms with Gasteiger partial charge in [-0.15, -0.1) is 0 Å². The summed E-state index contributed by atoms with van der Waals surface area (Å²) >= 11 is 0. The zero-order valence-corrected chi connectivity index (χ0v) is 10.5. The lowest BCUT2D eigenvalue weighted by Crippen LogP contribution is -2.04. The summed E-state index contributed by atoms with van der Waals surface area (Å²) in [7, 11) is -3.18. The molecule has 1 aromatic carbocycles. The van der Waals surface area contributed by atoms with Crippen molar-refractivity contribution in [3.8, 4) is 0 Å².